The first-order chi connectivity index (χ1) is 17.1. The molecule has 0 aliphatic heterocycles. The van der Waals surface area contributed by atoms with E-state index in [0.717, 1.165) is 34.1 Å². The van der Waals surface area contributed by atoms with Crippen LogP contribution in [-0.4, -0.2) is 20.4 Å². The summed E-state index contributed by atoms with van der Waals surface area (Å²) in [4.78, 5) is 4.60. The third-order valence-electron chi connectivity index (χ3n) is 7.41. The molecule has 4 rings (SSSR count). The molecule has 4 aromatic rings. The van der Waals surface area contributed by atoms with Gasteiger partial charge in [-0.1, -0.05) is 70.2 Å². The van der Waals surface area contributed by atoms with Crippen LogP contribution in [0.4, 0.5) is 0 Å². The number of thiazole rings is 1. The minimum Gasteiger partial charge on any atom is -0.541 e. The normalized spacial score (nSPS) is 14.0. The monoisotopic (exact) mass is 519 g/mol. The number of hydrogen-bond acceptors (Lipinski definition) is 5. The topological polar surface area (TPSA) is 40.6 Å². The van der Waals surface area contributed by atoms with Crippen LogP contribution in [0.1, 0.15) is 50.3 Å². The van der Waals surface area contributed by atoms with Gasteiger partial charge in [-0.3, -0.25) is 0 Å². The molecule has 0 bridgehead atoms. The summed E-state index contributed by atoms with van der Waals surface area (Å²) >= 11 is 1.61. The molecule has 1 aromatic heterocycles. The molecule has 0 radical (unpaired) electrons. The van der Waals surface area contributed by atoms with Gasteiger partial charge in [0.2, 0.25) is 0 Å². The van der Waals surface area contributed by atoms with E-state index < -0.39 is 13.9 Å². The van der Waals surface area contributed by atoms with Crippen LogP contribution in [0.25, 0.3) is 10.8 Å². The summed E-state index contributed by atoms with van der Waals surface area (Å²) in [5.74, 6) is 1.52. The average molecular weight is 520 g/mol. The Kier molecular flexibility index (Phi) is 7.60. The summed E-state index contributed by atoms with van der Waals surface area (Å²) in [6, 6.07) is 21.1. The Morgan fingerprint density at radius 2 is 1.67 bits per heavy atom. The van der Waals surface area contributed by atoms with Gasteiger partial charge in [0.25, 0.3) is 8.32 Å². The first-order valence-corrected chi connectivity index (χ1v) is 16.3. The van der Waals surface area contributed by atoms with Crippen LogP contribution in [0.5, 0.6) is 11.5 Å². The smallest absolute Gasteiger partial charge is 0.250 e. The molecule has 0 saturated carbocycles. The van der Waals surface area contributed by atoms with Gasteiger partial charge < -0.3 is 13.9 Å². The third kappa shape index (κ3) is 5.22. The van der Waals surface area contributed by atoms with Gasteiger partial charge in [0.1, 0.15) is 23.0 Å². The van der Waals surface area contributed by atoms with Gasteiger partial charge in [0.15, 0.2) is 5.75 Å². The van der Waals surface area contributed by atoms with E-state index in [0.29, 0.717) is 6.61 Å². The predicted molar refractivity (Wildman–Crippen MR) is 153 cm³/mol. The molecule has 0 spiro atoms. The number of benzene rings is 3. The van der Waals surface area contributed by atoms with Crippen LogP contribution < -0.4 is 9.16 Å². The molecule has 1 unspecified atom stereocenters. The van der Waals surface area contributed by atoms with Gasteiger partial charge in [0.05, 0.1) is 0 Å². The number of fused-ring (bicyclic) bond motifs is 1. The molecule has 0 saturated heterocycles. The van der Waals surface area contributed by atoms with Gasteiger partial charge in [-0.15, -0.1) is 11.3 Å². The zero-order valence-electron chi connectivity index (χ0n) is 22.4. The van der Waals surface area contributed by atoms with Crippen LogP contribution in [0.15, 0.2) is 72.2 Å². The van der Waals surface area contributed by atoms with Crippen molar-refractivity contribution in [1.29, 1.82) is 0 Å². The second-order valence-corrected chi connectivity index (χ2v) is 16.3. The van der Waals surface area contributed by atoms with Crippen molar-refractivity contribution in [2.24, 2.45) is 0 Å². The average Bonchev–Trinajstić information content (AvgIpc) is 3.39. The predicted octanol–water partition coefficient (Wildman–Crippen LogP) is 8.56. The molecule has 4 nitrogen and oxygen atoms in total. The molecule has 36 heavy (non-hydrogen) atoms. The number of methoxy groups -OCH3 is 1. The van der Waals surface area contributed by atoms with Gasteiger partial charge in [-0.2, -0.15) is 0 Å². The van der Waals surface area contributed by atoms with Gasteiger partial charge in [0, 0.05) is 18.7 Å². The van der Waals surface area contributed by atoms with Crippen molar-refractivity contribution >= 4 is 30.4 Å². The molecule has 190 valence electrons. The number of rotatable bonds is 9. The van der Waals surface area contributed by atoms with E-state index in [9.17, 15) is 0 Å². The zero-order valence-corrected chi connectivity index (χ0v) is 24.2. The van der Waals surface area contributed by atoms with Gasteiger partial charge in [-0.25, -0.2) is 4.98 Å². The van der Waals surface area contributed by atoms with Crippen molar-refractivity contribution < 1.29 is 13.9 Å². The maximum absolute atomic E-state index is 6.84. The Labute approximate surface area is 220 Å². The molecule has 0 fully saturated rings. The molecule has 0 aliphatic carbocycles. The standard InChI is InChI=1S/C30H37NO3SSi/c1-8-30(32-5,28-31-17-18-35-28)25-15-16-26(27(20-25)34-36(6,7)29(2,3)4)33-21-22-13-14-23-11-9-10-12-24(23)19-22/h9-20H,8,21H2,1-7H3. The van der Waals surface area contributed by atoms with Crippen LogP contribution in [0, 0.1) is 0 Å². The number of nitrogens with zero attached hydrogens (tertiary/aromatic N) is 1. The number of ether oxygens (including phenoxy) is 2. The minimum atomic E-state index is -2.12. The lowest BCUT2D eigenvalue weighted by Crippen LogP contribution is -2.44. The Balaban J connectivity index is 1.72. The fraction of sp³-hybridized carbons (Fsp3) is 0.367. The largest absolute Gasteiger partial charge is 0.541 e. The van der Waals surface area contributed by atoms with Crippen molar-refractivity contribution in [2.75, 3.05) is 7.11 Å². The lowest BCUT2D eigenvalue weighted by atomic mass is 9.91. The van der Waals surface area contributed by atoms with E-state index in [1.54, 1.807) is 18.4 Å². The molecule has 0 amide bonds. The summed E-state index contributed by atoms with van der Waals surface area (Å²) in [6.07, 6.45) is 2.59. The highest BCUT2D eigenvalue weighted by molar-refractivity contribution is 7.09. The van der Waals surface area contributed by atoms with Crippen LogP contribution >= 0.6 is 11.3 Å². The highest BCUT2D eigenvalue weighted by Gasteiger charge is 2.41. The highest BCUT2D eigenvalue weighted by Crippen LogP contribution is 2.44. The highest BCUT2D eigenvalue weighted by atomic mass is 32.1. The quantitative estimate of drug-likeness (QED) is 0.208. The van der Waals surface area contributed by atoms with E-state index in [4.69, 9.17) is 13.9 Å². The minimum absolute atomic E-state index is 0.0526. The Hall–Kier alpha value is -2.67. The van der Waals surface area contributed by atoms with E-state index in [2.05, 4.69) is 100 Å². The summed E-state index contributed by atoms with van der Waals surface area (Å²) in [5, 5.41) is 5.42. The van der Waals surface area contributed by atoms with Crippen LogP contribution in [-0.2, 0) is 16.9 Å². The van der Waals surface area contributed by atoms with Gasteiger partial charge in [-0.05, 0) is 64.7 Å². The maximum atomic E-state index is 6.84. The van der Waals surface area contributed by atoms with Crippen LogP contribution in [0.2, 0.25) is 18.1 Å². The van der Waals surface area contributed by atoms with Crippen molar-refractivity contribution in [1.82, 2.24) is 4.98 Å². The first-order valence-electron chi connectivity index (χ1n) is 12.5. The fourth-order valence-electron chi connectivity index (χ4n) is 4.13. The Morgan fingerprint density at radius 3 is 2.31 bits per heavy atom. The molecule has 0 N–H and O–H groups in total. The zero-order chi connectivity index (χ0) is 26.0. The molecule has 1 heterocycles. The lowest BCUT2D eigenvalue weighted by molar-refractivity contribution is 0.0182. The van der Waals surface area contributed by atoms with E-state index >= 15 is 0 Å². The van der Waals surface area contributed by atoms with Crippen molar-refractivity contribution in [2.45, 2.75) is 64.5 Å². The summed E-state index contributed by atoms with van der Waals surface area (Å²) in [7, 11) is -0.371. The maximum Gasteiger partial charge on any atom is 0.250 e. The van der Waals surface area contributed by atoms with E-state index in [-0.39, 0.29) is 5.04 Å². The lowest BCUT2D eigenvalue weighted by Gasteiger charge is -2.37. The Bertz CT molecular complexity index is 1310. The molecule has 6 heteroatoms. The summed E-state index contributed by atoms with van der Waals surface area (Å²) in [6.45, 7) is 13.9. The number of hydrogen-bond donors (Lipinski definition) is 0. The number of aromatic nitrogens is 1. The molecular formula is C30H37NO3SSi. The van der Waals surface area contributed by atoms with Crippen molar-refractivity contribution in [3.05, 3.63) is 88.4 Å². The van der Waals surface area contributed by atoms with Gasteiger partial charge >= 0.3 is 0 Å². The fourth-order valence-corrected chi connectivity index (χ4v) is 6.05. The molecule has 1 atom stereocenters. The van der Waals surface area contributed by atoms with Crippen molar-refractivity contribution in [3.8, 4) is 11.5 Å². The Morgan fingerprint density at radius 1 is 0.917 bits per heavy atom. The molecule has 0 aliphatic rings. The third-order valence-corrected chi connectivity index (χ3v) is 12.7. The van der Waals surface area contributed by atoms with Crippen LogP contribution in [0.3, 0.4) is 0 Å². The SMILES string of the molecule is CCC(OC)(c1ccc(OCc2ccc3ccccc3c2)c(O[Si](C)(C)C(C)(C)C)c1)c1nccs1. The summed E-state index contributed by atoms with van der Waals surface area (Å²) < 4.78 is 19.4. The second kappa shape index (κ2) is 10.4. The molecular weight excluding hydrogens is 482 g/mol. The molecule has 3 aromatic carbocycles. The second-order valence-electron chi connectivity index (χ2n) is 10.7. The first kappa shape index (κ1) is 26.4. The van der Waals surface area contributed by atoms with E-state index in [1.165, 1.54) is 10.8 Å². The summed E-state index contributed by atoms with van der Waals surface area (Å²) in [5.41, 5.74) is 1.52. The van der Waals surface area contributed by atoms with Crippen molar-refractivity contribution in [3.63, 3.8) is 0 Å². The van der Waals surface area contributed by atoms with E-state index in [1.807, 2.05) is 17.6 Å².